The number of rotatable bonds is 8. The van der Waals surface area contributed by atoms with Crippen molar-refractivity contribution in [2.24, 2.45) is 0 Å². The number of sulfonamides is 1. The Morgan fingerprint density at radius 3 is 2.76 bits per heavy atom. The number of anilines is 2. The van der Waals surface area contributed by atoms with Gasteiger partial charge in [0, 0.05) is 48.8 Å². The maximum absolute atomic E-state index is 13.5. The van der Waals surface area contributed by atoms with Crippen LogP contribution in [0.3, 0.4) is 0 Å². The Morgan fingerprint density at radius 1 is 1.22 bits per heavy atom. The molecule has 2 aromatic carbocycles. The number of piperidine rings is 1. The molecule has 3 aromatic rings. The first-order chi connectivity index (χ1) is 17.7. The van der Waals surface area contributed by atoms with E-state index in [4.69, 9.17) is 27.9 Å². The van der Waals surface area contributed by atoms with Crippen molar-refractivity contribution in [1.82, 2.24) is 4.31 Å². The maximum Gasteiger partial charge on any atom is 0.258 e. The largest absolute Gasteiger partial charge is 0.385 e. The highest BCUT2D eigenvalue weighted by molar-refractivity contribution is 7.91. The van der Waals surface area contributed by atoms with Crippen LogP contribution in [-0.4, -0.2) is 57.4 Å². The normalized spacial score (nSPS) is 18.1. The first kappa shape index (κ1) is 26.4. The molecule has 0 spiro atoms. The number of hydrogen-bond acceptors (Lipinski definition) is 6. The van der Waals surface area contributed by atoms with Crippen molar-refractivity contribution in [3.63, 3.8) is 0 Å². The molecule has 1 atom stereocenters. The summed E-state index contributed by atoms with van der Waals surface area (Å²) in [6.07, 6.45) is 2.47. The second-order valence-corrected chi connectivity index (χ2v) is 13.1. The van der Waals surface area contributed by atoms with Gasteiger partial charge >= 0.3 is 0 Å². The fourth-order valence-corrected chi connectivity index (χ4v) is 8.65. The van der Waals surface area contributed by atoms with Crippen LogP contribution in [0.5, 0.6) is 0 Å². The number of thiophene rings is 1. The van der Waals surface area contributed by atoms with Gasteiger partial charge in [0.1, 0.15) is 14.6 Å². The fraction of sp³-hybridized carbons (Fsp3) is 0.360. The molecule has 1 fully saturated rings. The van der Waals surface area contributed by atoms with Gasteiger partial charge in [0.15, 0.2) is 0 Å². The quantitative estimate of drug-likeness (QED) is 0.360. The minimum Gasteiger partial charge on any atom is -0.385 e. The summed E-state index contributed by atoms with van der Waals surface area (Å²) in [5.41, 5.74) is 1.90. The van der Waals surface area contributed by atoms with Crippen LogP contribution in [0.25, 0.3) is 10.8 Å². The molecular formula is C25H25Cl2N3O5S2. The molecule has 196 valence electrons. The van der Waals surface area contributed by atoms with E-state index in [-0.39, 0.29) is 26.0 Å². The fourth-order valence-electron chi connectivity index (χ4n) is 4.98. The van der Waals surface area contributed by atoms with Gasteiger partial charge in [0.25, 0.3) is 15.9 Å². The summed E-state index contributed by atoms with van der Waals surface area (Å²) in [5.74, 6) is -0.503. The van der Waals surface area contributed by atoms with Crippen LogP contribution in [-0.2, 0) is 19.6 Å². The van der Waals surface area contributed by atoms with Gasteiger partial charge in [-0.05, 0) is 43.5 Å². The minimum atomic E-state index is -3.96. The molecule has 1 unspecified atom stereocenters. The zero-order chi connectivity index (χ0) is 26.3. The zero-order valence-corrected chi connectivity index (χ0v) is 23.1. The van der Waals surface area contributed by atoms with Gasteiger partial charge in [-0.15, -0.1) is 11.3 Å². The summed E-state index contributed by atoms with van der Waals surface area (Å²) in [5, 5.41) is 4.62. The molecule has 8 nitrogen and oxygen atoms in total. The summed E-state index contributed by atoms with van der Waals surface area (Å²) >= 11 is 12.9. The van der Waals surface area contributed by atoms with Crippen molar-refractivity contribution in [1.29, 1.82) is 0 Å². The first-order valence-corrected chi connectivity index (χ1v) is 14.9. The average Bonchev–Trinajstić information content (AvgIpc) is 3.38. The van der Waals surface area contributed by atoms with Crippen molar-refractivity contribution in [2.45, 2.75) is 35.9 Å². The number of carbonyl (C=O) groups excluding carboxylic acids is 2. The third-order valence-electron chi connectivity index (χ3n) is 6.71. The van der Waals surface area contributed by atoms with Crippen LogP contribution < -0.4 is 10.2 Å². The highest BCUT2D eigenvalue weighted by Crippen LogP contribution is 2.41. The number of halogens is 2. The molecule has 2 amide bonds. The summed E-state index contributed by atoms with van der Waals surface area (Å²) in [6, 6.07) is 9.46. The van der Waals surface area contributed by atoms with Crippen LogP contribution in [0, 0.1) is 0 Å². The summed E-state index contributed by atoms with van der Waals surface area (Å²) in [6.45, 7) is 1.29. The van der Waals surface area contributed by atoms with E-state index in [1.165, 1.54) is 10.4 Å². The molecule has 1 saturated heterocycles. The van der Waals surface area contributed by atoms with Gasteiger partial charge in [0.2, 0.25) is 5.91 Å². The van der Waals surface area contributed by atoms with E-state index in [0.29, 0.717) is 43.7 Å². The van der Waals surface area contributed by atoms with Crippen LogP contribution in [0.1, 0.15) is 36.0 Å². The second kappa shape index (κ2) is 10.5. The topological polar surface area (TPSA) is 96.0 Å². The Balaban J connectivity index is 1.44. The van der Waals surface area contributed by atoms with Crippen LogP contribution in [0.15, 0.2) is 40.6 Å². The van der Waals surface area contributed by atoms with Gasteiger partial charge in [-0.3, -0.25) is 9.59 Å². The van der Waals surface area contributed by atoms with Gasteiger partial charge in [-0.2, -0.15) is 4.31 Å². The number of nitrogens with zero attached hydrogens (tertiary/aromatic N) is 2. The lowest BCUT2D eigenvalue weighted by atomic mass is 10.0. The number of ether oxygens (including phenoxy) is 1. The van der Waals surface area contributed by atoms with Crippen molar-refractivity contribution in [2.75, 3.05) is 37.0 Å². The lowest BCUT2D eigenvalue weighted by Gasteiger charge is -2.33. The molecule has 5 rings (SSSR count). The number of nitrogens with one attached hydrogen (secondary N) is 1. The lowest BCUT2D eigenvalue weighted by Crippen LogP contribution is -2.49. The standard InChI is InChI=1S/C25H25Cl2N3O5S2/c1-35-13-5-11-29-19-10-9-18(15-6-4-7-16(22(15)19)25(29)32)28-24(31)20-8-2-3-12-30(20)37(33,34)21-14-17(26)23(27)36-21/h4,6-7,9-10,14,20H,2-3,5,8,11-13H2,1H3,(H,28,31). The molecule has 1 N–H and O–H groups in total. The minimum absolute atomic E-state index is 0.0135. The van der Waals surface area contributed by atoms with E-state index in [0.717, 1.165) is 34.2 Å². The molecule has 0 saturated carbocycles. The smallest absolute Gasteiger partial charge is 0.258 e. The summed E-state index contributed by atoms with van der Waals surface area (Å²) in [4.78, 5) is 28.3. The van der Waals surface area contributed by atoms with Gasteiger partial charge in [-0.25, -0.2) is 8.42 Å². The monoisotopic (exact) mass is 581 g/mol. The van der Waals surface area contributed by atoms with E-state index in [1.54, 1.807) is 30.2 Å². The third-order valence-corrected chi connectivity index (χ3v) is 10.9. The summed E-state index contributed by atoms with van der Waals surface area (Å²) in [7, 11) is -2.34. The van der Waals surface area contributed by atoms with Crippen molar-refractivity contribution in [3.8, 4) is 0 Å². The first-order valence-electron chi connectivity index (χ1n) is 11.9. The maximum atomic E-state index is 13.5. The van der Waals surface area contributed by atoms with E-state index in [2.05, 4.69) is 5.32 Å². The molecule has 2 aliphatic rings. The molecule has 2 aliphatic heterocycles. The Labute approximate surface area is 229 Å². The average molecular weight is 583 g/mol. The third kappa shape index (κ3) is 4.75. The zero-order valence-electron chi connectivity index (χ0n) is 20.0. The van der Waals surface area contributed by atoms with Crippen LogP contribution in [0.4, 0.5) is 11.4 Å². The summed E-state index contributed by atoms with van der Waals surface area (Å²) < 4.78 is 33.4. The Hall–Kier alpha value is -2.21. The van der Waals surface area contributed by atoms with Crippen LogP contribution >= 0.6 is 34.5 Å². The highest BCUT2D eigenvalue weighted by Gasteiger charge is 2.39. The van der Waals surface area contributed by atoms with Gasteiger partial charge in [-0.1, -0.05) is 41.8 Å². The van der Waals surface area contributed by atoms with Gasteiger partial charge < -0.3 is 15.0 Å². The van der Waals surface area contributed by atoms with Crippen molar-refractivity contribution < 1.29 is 22.7 Å². The Kier molecular flexibility index (Phi) is 7.50. The molecular weight excluding hydrogens is 557 g/mol. The SMILES string of the molecule is COCCCN1C(=O)c2cccc3c(NC(=O)C4CCCCN4S(=O)(=O)c4cc(Cl)c(Cl)s4)ccc1c23. The number of carbonyl (C=O) groups is 2. The molecule has 0 radical (unpaired) electrons. The number of methoxy groups -OCH3 is 1. The number of benzene rings is 2. The second-order valence-electron chi connectivity index (χ2n) is 8.97. The number of hydrogen-bond donors (Lipinski definition) is 1. The van der Waals surface area contributed by atoms with Crippen molar-refractivity contribution in [3.05, 3.63) is 51.3 Å². The lowest BCUT2D eigenvalue weighted by molar-refractivity contribution is -0.120. The Bertz CT molecular complexity index is 1470. The predicted molar refractivity (Wildman–Crippen MR) is 147 cm³/mol. The van der Waals surface area contributed by atoms with E-state index in [9.17, 15) is 18.0 Å². The van der Waals surface area contributed by atoms with E-state index < -0.39 is 22.0 Å². The van der Waals surface area contributed by atoms with Gasteiger partial charge in [0.05, 0.1) is 10.7 Å². The predicted octanol–water partition coefficient (Wildman–Crippen LogP) is 5.39. The van der Waals surface area contributed by atoms with Crippen LogP contribution in [0.2, 0.25) is 9.36 Å². The Morgan fingerprint density at radius 2 is 2.03 bits per heavy atom. The molecule has 12 heteroatoms. The molecule has 0 aliphatic carbocycles. The highest BCUT2D eigenvalue weighted by atomic mass is 35.5. The number of amides is 2. The molecule has 0 bridgehead atoms. The molecule has 3 heterocycles. The molecule has 1 aromatic heterocycles. The molecule has 37 heavy (non-hydrogen) atoms. The van der Waals surface area contributed by atoms with E-state index >= 15 is 0 Å². The van der Waals surface area contributed by atoms with Crippen molar-refractivity contribution >= 4 is 78.5 Å². The van der Waals surface area contributed by atoms with E-state index in [1.807, 2.05) is 12.1 Å².